The minimum absolute atomic E-state index is 0.138. The summed E-state index contributed by atoms with van der Waals surface area (Å²) < 4.78 is 4.82. The van der Waals surface area contributed by atoms with Crippen molar-refractivity contribution in [3.63, 3.8) is 0 Å². The van der Waals surface area contributed by atoms with Crippen molar-refractivity contribution in [2.75, 3.05) is 27.2 Å². The molecule has 0 fully saturated rings. The van der Waals surface area contributed by atoms with E-state index in [1.165, 1.54) is 83.5 Å². The Balaban J connectivity index is 0.00000122. The molecule has 6 heteroatoms. The number of hydrogen-bond donors (Lipinski definition) is 1. The van der Waals surface area contributed by atoms with E-state index >= 15 is 0 Å². The average Bonchev–Trinajstić information content (AvgIpc) is 2.90. The molecule has 0 aliphatic carbocycles. The summed E-state index contributed by atoms with van der Waals surface area (Å²) in [5, 5.41) is 2.50. The number of likely N-dealkylation sites (N-methyl/N-ethyl adjacent to an activating group) is 1. The number of esters is 1. The van der Waals surface area contributed by atoms with Gasteiger partial charge in [-0.15, -0.1) is 0 Å². The summed E-state index contributed by atoms with van der Waals surface area (Å²) in [7, 11) is 3.68. The fraction of sp³-hybridized carbons (Fsp3) is 0.727. The van der Waals surface area contributed by atoms with Crippen molar-refractivity contribution in [2.45, 2.75) is 129 Å². The second kappa shape index (κ2) is 27.4. The molecule has 0 unspecified atom stereocenters. The number of benzene rings is 1. The van der Waals surface area contributed by atoms with Gasteiger partial charge >= 0.3 is 5.97 Å². The van der Waals surface area contributed by atoms with Crippen molar-refractivity contribution in [3.8, 4) is 0 Å². The Morgan fingerprint density at radius 2 is 1.15 bits per heavy atom. The molecule has 0 radical (unpaired) electrons. The third kappa shape index (κ3) is 27.2. The molecule has 39 heavy (non-hydrogen) atoms. The molecule has 2 amide bonds. The van der Waals surface area contributed by atoms with E-state index in [1.807, 2.05) is 51.4 Å². The Kier molecular flexibility index (Phi) is 25.8. The third-order valence-electron chi connectivity index (χ3n) is 6.41. The lowest BCUT2D eigenvalue weighted by Gasteiger charge is -2.07. The van der Waals surface area contributed by atoms with Crippen LogP contribution in [0.3, 0.4) is 0 Å². The number of amides is 2. The first-order valence-electron chi connectivity index (χ1n) is 15.6. The van der Waals surface area contributed by atoms with Crippen LogP contribution in [0.4, 0.5) is 0 Å². The Bertz CT molecular complexity index is 722. The van der Waals surface area contributed by atoms with E-state index in [-0.39, 0.29) is 24.2 Å². The molecule has 0 aromatic heterocycles. The van der Waals surface area contributed by atoms with Crippen LogP contribution < -0.4 is 5.32 Å². The van der Waals surface area contributed by atoms with Gasteiger partial charge in [-0.3, -0.25) is 24.6 Å². The molecule has 0 atom stereocenters. The van der Waals surface area contributed by atoms with Crippen LogP contribution in [0, 0.1) is 0 Å². The molecule has 1 N–H and O–H groups in total. The van der Waals surface area contributed by atoms with Crippen molar-refractivity contribution >= 4 is 17.8 Å². The first-order chi connectivity index (χ1) is 18.9. The number of unbranched alkanes of at least 4 members (excludes halogenated alkanes) is 14. The third-order valence-corrected chi connectivity index (χ3v) is 6.41. The maximum Gasteiger partial charge on any atom is 0.320 e. The lowest BCUT2D eigenvalue weighted by atomic mass is 10.0. The molecule has 0 aliphatic heterocycles. The second-order valence-electron chi connectivity index (χ2n) is 10.8. The minimum Gasteiger partial charge on any atom is -0.465 e. The minimum atomic E-state index is -0.206. The molecule has 0 spiro atoms. The molecule has 0 aliphatic rings. The molecule has 0 bridgehead atoms. The van der Waals surface area contributed by atoms with E-state index in [9.17, 15) is 14.4 Å². The lowest BCUT2D eigenvalue weighted by molar-refractivity contribution is -0.144. The lowest BCUT2D eigenvalue weighted by Crippen LogP contribution is -2.31. The topological polar surface area (TPSA) is 75.7 Å². The molecule has 1 aromatic carbocycles. The van der Waals surface area contributed by atoms with Crippen LogP contribution >= 0.6 is 0 Å². The first-order valence-corrected chi connectivity index (χ1v) is 15.6. The van der Waals surface area contributed by atoms with Gasteiger partial charge < -0.3 is 4.74 Å². The normalized spacial score (nSPS) is 10.6. The molecule has 1 aromatic rings. The maximum atomic E-state index is 11.9. The number of imide groups is 1. The molecular weight excluding hydrogens is 488 g/mol. The molecular formula is C33H58N2O4. The van der Waals surface area contributed by atoms with Gasteiger partial charge in [0.1, 0.15) is 0 Å². The van der Waals surface area contributed by atoms with Crippen LogP contribution in [0.2, 0.25) is 0 Å². The molecule has 0 saturated carbocycles. The van der Waals surface area contributed by atoms with Crippen LogP contribution in [0.15, 0.2) is 30.3 Å². The van der Waals surface area contributed by atoms with Crippen molar-refractivity contribution in [2.24, 2.45) is 0 Å². The van der Waals surface area contributed by atoms with Crippen molar-refractivity contribution < 1.29 is 19.1 Å². The number of nitrogens with zero attached hydrogens (tertiary/aromatic N) is 1. The van der Waals surface area contributed by atoms with E-state index in [2.05, 4.69) is 12.2 Å². The fourth-order valence-corrected chi connectivity index (χ4v) is 4.22. The Morgan fingerprint density at radius 1 is 0.667 bits per heavy atom. The van der Waals surface area contributed by atoms with E-state index in [0.717, 1.165) is 24.8 Å². The second-order valence-corrected chi connectivity index (χ2v) is 10.8. The number of hydrogen-bond acceptors (Lipinski definition) is 5. The summed E-state index contributed by atoms with van der Waals surface area (Å²) >= 11 is 0. The van der Waals surface area contributed by atoms with E-state index in [0.29, 0.717) is 19.6 Å². The zero-order valence-corrected chi connectivity index (χ0v) is 25.6. The highest BCUT2D eigenvalue weighted by Crippen LogP contribution is 2.13. The fourth-order valence-electron chi connectivity index (χ4n) is 4.22. The van der Waals surface area contributed by atoms with Crippen LogP contribution in [-0.2, 0) is 25.5 Å². The number of carbonyl (C=O) groups is 3. The van der Waals surface area contributed by atoms with E-state index < -0.39 is 0 Å². The monoisotopic (exact) mass is 546 g/mol. The number of ether oxygens (including phenoxy) is 1. The van der Waals surface area contributed by atoms with Gasteiger partial charge in [-0.2, -0.15) is 0 Å². The summed E-state index contributed by atoms with van der Waals surface area (Å²) in [5.74, 6) is -0.491. The maximum absolute atomic E-state index is 11.9. The highest BCUT2D eigenvalue weighted by atomic mass is 16.5. The summed E-state index contributed by atoms with van der Waals surface area (Å²) in [6.07, 6.45) is 21.3. The molecule has 0 heterocycles. The predicted octanol–water partition coefficient (Wildman–Crippen LogP) is 7.63. The van der Waals surface area contributed by atoms with E-state index in [1.54, 1.807) is 4.90 Å². The smallest absolute Gasteiger partial charge is 0.320 e. The van der Waals surface area contributed by atoms with Crippen LogP contribution in [0.5, 0.6) is 0 Å². The van der Waals surface area contributed by atoms with Crippen molar-refractivity contribution in [1.29, 1.82) is 0 Å². The summed E-state index contributed by atoms with van der Waals surface area (Å²) in [5.41, 5.74) is 0.935. The average molecular weight is 547 g/mol. The largest absolute Gasteiger partial charge is 0.465 e. The summed E-state index contributed by atoms with van der Waals surface area (Å²) in [4.78, 5) is 36.2. The van der Waals surface area contributed by atoms with Crippen LogP contribution in [0.1, 0.15) is 129 Å². The van der Waals surface area contributed by atoms with Crippen molar-refractivity contribution in [1.82, 2.24) is 10.2 Å². The standard InChI is InChI=1S/C26H43NO2.C7H15NO2/c1-2-3-4-5-6-7-8-9-10-11-12-13-14-15-19-22-25(28)27-26(29)23-24-20-17-16-18-21-24;1-4-5-10-7(9)6-8(2)3/h16-18,20-21H,2-15,19,22-23H2,1H3,(H,27,28,29);4-6H2,1-3H3. The SMILES string of the molecule is CCCCCCCCCCCCCCCCCC(=O)NC(=O)Cc1ccccc1.CCCOC(=O)CN(C)C. The summed E-state index contributed by atoms with van der Waals surface area (Å²) in [6.45, 7) is 5.16. The van der Waals surface area contributed by atoms with Crippen LogP contribution in [0.25, 0.3) is 0 Å². The highest BCUT2D eigenvalue weighted by molar-refractivity contribution is 5.96. The molecule has 1 rings (SSSR count). The number of nitrogens with one attached hydrogen (secondary N) is 1. The Labute approximate surface area is 239 Å². The van der Waals surface area contributed by atoms with Crippen LogP contribution in [-0.4, -0.2) is 49.9 Å². The molecule has 6 nitrogen and oxygen atoms in total. The Morgan fingerprint density at radius 3 is 1.62 bits per heavy atom. The van der Waals surface area contributed by atoms with Crippen molar-refractivity contribution in [3.05, 3.63) is 35.9 Å². The zero-order chi connectivity index (χ0) is 29.0. The molecule has 0 saturated heterocycles. The van der Waals surface area contributed by atoms with Gasteiger partial charge in [-0.25, -0.2) is 0 Å². The quantitative estimate of drug-likeness (QED) is 0.119. The van der Waals surface area contributed by atoms with Gasteiger partial charge in [0, 0.05) is 6.42 Å². The van der Waals surface area contributed by atoms with Gasteiger partial charge in [0.15, 0.2) is 0 Å². The zero-order valence-electron chi connectivity index (χ0n) is 25.6. The van der Waals surface area contributed by atoms with Gasteiger partial charge in [0.2, 0.25) is 11.8 Å². The van der Waals surface area contributed by atoms with Gasteiger partial charge in [-0.1, -0.05) is 134 Å². The highest BCUT2D eigenvalue weighted by Gasteiger charge is 2.08. The van der Waals surface area contributed by atoms with E-state index in [4.69, 9.17) is 4.74 Å². The van der Waals surface area contributed by atoms with Gasteiger partial charge in [-0.05, 0) is 32.5 Å². The van der Waals surface area contributed by atoms with Gasteiger partial charge in [0.05, 0.1) is 19.6 Å². The van der Waals surface area contributed by atoms with Gasteiger partial charge in [0.25, 0.3) is 0 Å². The Hall–Kier alpha value is -2.21. The number of rotatable bonds is 22. The summed E-state index contributed by atoms with van der Waals surface area (Å²) in [6, 6.07) is 9.53. The number of carbonyl (C=O) groups excluding carboxylic acids is 3. The first kappa shape index (κ1) is 36.8. The predicted molar refractivity (Wildman–Crippen MR) is 163 cm³/mol. The molecule has 224 valence electrons.